The van der Waals surface area contributed by atoms with E-state index in [1.54, 1.807) is 11.8 Å². The molecule has 0 spiro atoms. The van der Waals surface area contributed by atoms with Gasteiger partial charge in [0.1, 0.15) is 0 Å². The van der Waals surface area contributed by atoms with Gasteiger partial charge < -0.3 is 14.3 Å². The molecule has 116 valence electrons. The predicted octanol–water partition coefficient (Wildman–Crippen LogP) is 3.13. The van der Waals surface area contributed by atoms with E-state index in [1.165, 1.54) is 12.2 Å². The van der Waals surface area contributed by atoms with Gasteiger partial charge in [0.05, 0.1) is 12.8 Å². The zero-order chi connectivity index (χ0) is 15.9. The van der Waals surface area contributed by atoms with Crippen molar-refractivity contribution in [3.05, 3.63) is 42.0 Å². The highest BCUT2D eigenvalue weighted by atomic mass is 31.2. The zero-order valence-corrected chi connectivity index (χ0v) is 13.5. The number of allylic oxidation sites excluding steroid dienone is 1. The largest absolute Gasteiger partial charge is 0.331 e. The fourth-order valence-corrected chi connectivity index (χ4v) is 2.82. The third-order valence-corrected chi connectivity index (χ3v) is 4.25. The van der Waals surface area contributed by atoms with Crippen LogP contribution in [0.25, 0.3) is 0 Å². The smallest absolute Gasteiger partial charge is 0.324 e. The molecule has 1 atom stereocenters. The van der Waals surface area contributed by atoms with Gasteiger partial charge >= 0.3 is 7.60 Å². The molecule has 0 radical (unpaired) electrons. The van der Waals surface area contributed by atoms with Gasteiger partial charge in [0.15, 0.2) is 0 Å². The van der Waals surface area contributed by atoms with Gasteiger partial charge in [-0.05, 0) is 32.4 Å². The Morgan fingerprint density at radius 1 is 1.38 bits per heavy atom. The Morgan fingerprint density at radius 2 is 2.05 bits per heavy atom. The van der Waals surface area contributed by atoms with Crippen molar-refractivity contribution >= 4 is 19.2 Å². The first kappa shape index (κ1) is 17.6. The Bertz CT molecular complexity index is 556. The number of anilines is 1. The molecule has 6 heteroatoms. The minimum atomic E-state index is -3.63. The van der Waals surface area contributed by atoms with Gasteiger partial charge in [-0.3, -0.25) is 9.36 Å². The third-order valence-electron chi connectivity index (χ3n) is 2.92. The lowest BCUT2D eigenvalue weighted by molar-refractivity contribution is -0.114. The van der Waals surface area contributed by atoms with E-state index in [1.807, 2.05) is 38.1 Å². The van der Waals surface area contributed by atoms with Crippen LogP contribution in [0.2, 0.25) is 0 Å². The maximum absolute atomic E-state index is 12.2. The predicted molar refractivity (Wildman–Crippen MR) is 84.7 cm³/mol. The number of carbonyl (C=O) groups excluding carboxylic acids is 1. The van der Waals surface area contributed by atoms with Gasteiger partial charge in [0.25, 0.3) is 5.91 Å². The second kappa shape index (κ2) is 8.13. The second-order valence-electron chi connectivity index (χ2n) is 4.51. The van der Waals surface area contributed by atoms with E-state index in [4.69, 9.17) is 4.52 Å². The molecule has 1 N–H and O–H groups in total. The Balaban J connectivity index is 2.77. The zero-order valence-electron chi connectivity index (χ0n) is 12.7. The van der Waals surface area contributed by atoms with E-state index in [2.05, 4.69) is 0 Å². The number of nitrogens with zero attached hydrogens (tertiary/aromatic N) is 1. The summed E-state index contributed by atoms with van der Waals surface area (Å²) in [4.78, 5) is 23.3. The number of aryl methyl sites for hydroxylation is 1. The average molecular weight is 311 g/mol. The number of para-hydroxylation sites is 1. The van der Waals surface area contributed by atoms with Gasteiger partial charge in [0, 0.05) is 18.3 Å². The molecule has 0 heterocycles. The SMILES string of the molecule is CCOP(=O)(O)CC=CC(=O)N(CC)c1ccccc1C. The highest BCUT2D eigenvalue weighted by Crippen LogP contribution is 2.41. The fraction of sp³-hybridized carbons (Fsp3) is 0.400. The van der Waals surface area contributed by atoms with Crippen molar-refractivity contribution in [2.24, 2.45) is 0 Å². The number of amides is 1. The Hall–Kier alpha value is -1.42. The standard InChI is InChI=1S/C15H22NO4P/c1-4-16(14-10-7-6-9-13(14)3)15(17)11-8-12-21(18,19)20-5-2/h6-11H,4-5,12H2,1-3H3,(H,18,19). The quantitative estimate of drug-likeness (QED) is 0.620. The number of carbonyl (C=O) groups is 1. The summed E-state index contributed by atoms with van der Waals surface area (Å²) in [6.07, 6.45) is 2.54. The van der Waals surface area contributed by atoms with Gasteiger partial charge in [-0.2, -0.15) is 0 Å². The molecule has 5 nitrogen and oxygen atoms in total. The first-order chi connectivity index (χ1) is 9.91. The van der Waals surface area contributed by atoms with Crippen LogP contribution < -0.4 is 4.90 Å². The summed E-state index contributed by atoms with van der Waals surface area (Å²) >= 11 is 0. The topological polar surface area (TPSA) is 66.8 Å². The summed E-state index contributed by atoms with van der Waals surface area (Å²) in [5.74, 6) is -0.219. The lowest BCUT2D eigenvalue weighted by Crippen LogP contribution is -2.29. The number of hydrogen-bond acceptors (Lipinski definition) is 3. The van der Waals surface area contributed by atoms with E-state index in [9.17, 15) is 14.3 Å². The summed E-state index contributed by atoms with van der Waals surface area (Å²) in [7, 11) is -3.63. The molecule has 0 saturated carbocycles. The van der Waals surface area contributed by atoms with Crippen LogP contribution in [0.3, 0.4) is 0 Å². The lowest BCUT2D eigenvalue weighted by atomic mass is 10.2. The second-order valence-corrected chi connectivity index (χ2v) is 6.41. The molecular weight excluding hydrogens is 289 g/mol. The molecule has 0 bridgehead atoms. The van der Waals surface area contributed by atoms with Crippen LogP contribution >= 0.6 is 7.60 Å². The minimum Gasteiger partial charge on any atom is -0.324 e. The van der Waals surface area contributed by atoms with Crippen LogP contribution in [0, 0.1) is 6.92 Å². The molecule has 21 heavy (non-hydrogen) atoms. The van der Waals surface area contributed by atoms with E-state index in [0.29, 0.717) is 6.54 Å². The molecule has 0 aliphatic rings. The van der Waals surface area contributed by atoms with Crippen molar-refractivity contribution in [2.45, 2.75) is 20.8 Å². The Kier molecular flexibility index (Phi) is 6.82. The summed E-state index contributed by atoms with van der Waals surface area (Å²) in [5, 5.41) is 0. The number of likely N-dealkylation sites (N-methyl/N-ethyl adjacent to an activating group) is 1. The average Bonchev–Trinajstić information content (AvgIpc) is 2.41. The molecule has 0 aromatic heterocycles. The number of benzene rings is 1. The summed E-state index contributed by atoms with van der Waals surface area (Å²) in [6.45, 7) is 6.16. The molecule has 1 aromatic rings. The number of rotatable bonds is 7. The monoisotopic (exact) mass is 311 g/mol. The third kappa shape index (κ3) is 5.46. The summed E-state index contributed by atoms with van der Waals surface area (Å²) in [5.41, 5.74) is 1.84. The highest BCUT2D eigenvalue weighted by molar-refractivity contribution is 7.53. The van der Waals surface area contributed by atoms with E-state index >= 15 is 0 Å². The first-order valence-electron chi connectivity index (χ1n) is 6.91. The summed E-state index contributed by atoms with van der Waals surface area (Å²) in [6, 6.07) is 7.60. The molecule has 1 unspecified atom stereocenters. The van der Waals surface area contributed by atoms with Gasteiger partial charge in [0.2, 0.25) is 0 Å². The van der Waals surface area contributed by atoms with Crippen LogP contribution in [0.4, 0.5) is 5.69 Å². The van der Waals surface area contributed by atoms with Crippen LogP contribution in [-0.4, -0.2) is 30.1 Å². The first-order valence-corrected chi connectivity index (χ1v) is 8.67. The van der Waals surface area contributed by atoms with Crippen LogP contribution in [0.5, 0.6) is 0 Å². The molecule has 1 aromatic carbocycles. The molecule has 1 rings (SSSR count). The van der Waals surface area contributed by atoms with Crippen LogP contribution in [0.1, 0.15) is 19.4 Å². The van der Waals surface area contributed by atoms with Crippen LogP contribution in [0.15, 0.2) is 36.4 Å². The van der Waals surface area contributed by atoms with Crippen molar-refractivity contribution in [2.75, 3.05) is 24.2 Å². The van der Waals surface area contributed by atoms with Crippen molar-refractivity contribution < 1.29 is 18.8 Å². The van der Waals surface area contributed by atoms with Gasteiger partial charge in [-0.25, -0.2) is 0 Å². The number of hydrogen-bond donors (Lipinski definition) is 1. The maximum Gasteiger partial charge on any atom is 0.331 e. The van der Waals surface area contributed by atoms with Crippen molar-refractivity contribution in [1.29, 1.82) is 0 Å². The van der Waals surface area contributed by atoms with E-state index < -0.39 is 7.60 Å². The molecular formula is C15H22NO4P. The summed E-state index contributed by atoms with van der Waals surface area (Å²) < 4.78 is 16.3. The molecule has 1 amide bonds. The lowest BCUT2D eigenvalue weighted by Gasteiger charge is -2.21. The van der Waals surface area contributed by atoms with Crippen molar-refractivity contribution in [3.8, 4) is 0 Å². The van der Waals surface area contributed by atoms with Crippen molar-refractivity contribution in [1.82, 2.24) is 0 Å². The van der Waals surface area contributed by atoms with E-state index in [0.717, 1.165) is 11.3 Å². The molecule has 0 saturated heterocycles. The van der Waals surface area contributed by atoms with Gasteiger partial charge in [-0.15, -0.1) is 0 Å². The Labute approximate surface area is 125 Å². The fourth-order valence-electron chi connectivity index (χ4n) is 1.94. The molecule has 0 fully saturated rings. The van der Waals surface area contributed by atoms with Gasteiger partial charge in [-0.1, -0.05) is 24.3 Å². The normalized spacial score (nSPS) is 14.1. The molecule has 0 aliphatic heterocycles. The van der Waals surface area contributed by atoms with Crippen molar-refractivity contribution in [3.63, 3.8) is 0 Å². The highest BCUT2D eigenvalue weighted by Gasteiger charge is 2.17. The van der Waals surface area contributed by atoms with Crippen LogP contribution in [-0.2, 0) is 13.9 Å². The maximum atomic E-state index is 12.2. The minimum absolute atomic E-state index is 0.167. The molecule has 0 aliphatic carbocycles. The van der Waals surface area contributed by atoms with E-state index in [-0.39, 0.29) is 18.7 Å². The Morgan fingerprint density at radius 3 is 2.62 bits per heavy atom.